The molecular formula is C15H23N3O3. The third-order valence-electron chi connectivity index (χ3n) is 3.71. The number of hydrogen-bond donors (Lipinski definition) is 2. The van der Waals surface area contributed by atoms with Crippen LogP contribution < -0.4 is 16.2 Å². The number of pyridine rings is 1. The molecule has 0 radical (unpaired) electrons. The quantitative estimate of drug-likeness (QED) is 0.785. The van der Waals surface area contributed by atoms with Gasteiger partial charge in [0.05, 0.1) is 18.8 Å². The topological polar surface area (TPSA) is 72.4 Å². The molecule has 0 unspecified atom stereocenters. The summed E-state index contributed by atoms with van der Waals surface area (Å²) in [6.45, 7) is 1.24. The van der Waals surface area contributed by atoms with Crippen molar-refractivity contribution in [3.8, 4) is 0 Å². The van der Waals surface area contributed by atoms with E-state index in [1.807, 2.05) is 0 Å². The van der Waals surface area contributed by atoms with Crippen molar-refractivity contribution in [2.45, 2.75) is 38.3 Å². The third-order valence-corrected chi connectivity index (χ3v) is 3.71. The zero-order valence-electron chi connectivity index (χ0n) is 12.4. The predicted octanol–water partition coefficient (Wildman–Crippen LogP) is 0.965. The summed E-state index contributed by atoms with van der Waals surface area (Å²) in [4.78, 5) is 23.5. The molecule has 2 rings (SSSR count). The van der Waals surface area contributed by atoms with E-state index in [2.05, 4.69) is 10.6 Å². The summed E-state index contributed by atoms with van der Waals surface area (Å²) >= 11 is 0. The molecule has 1 fully saturated rings. The van der Waals surface area contributed by atoms with Gasteiger partial charge in [-0.2, -0.15) is 0 Å². The van der Waals surface area contributed by atoms with Crippen LogP contribution in [0.4, 0.5) is 5.69 Å². The Bertz CT molecular complexity index is 521. The van der Waals surface area contributed by atoms with Crippen molar-refractivity contribution in [2.75, 3.05) is 25.6 Å². The van der Waals surface area contributed by atoms with Gasteiger partial charge in [-0.15, -0.1) is 0 Å². The number of hydrogen-bond acceptors (Lipinski definition) is 4. The Morgan fingerprint density at radius 3 is 2.86 bits per heavy atom. The average Bonchev–Trinajstić information content (AvgIpc) is 2.99. The largest absolute Gasteiger partial charge is 0.383 e. The molecule has 6 nitrogen and oxygen atoms in total. The highest BCUT2D eigenvalue weighted by molar-refractivity contribution is 5.92. The van der Waals surface area contributed by atoms with Crippen LogP contribution in [0.5, 0.6) is 0 Å². The fourth-order valence-electron chi connectivity index (χ4n) is 2.54. The molecule has 1 heterocycles. The lowest BCUT2D eigenvalue weighted by atomic mass is 10.2. The molecule has 1 amide bonds. The number of aromatic nitrogens is 1. The van der Waals surface area contributed by atoms with E-state index in [4.69, 9.17) is 4.74 Å². The second kappa shape index (κ2) is 7.95. The lowest BCUT2D eigenvalue weighted by molar-refractivity contribution is -0.115. The van der Waals surface area contributed by atoms with Gasteiger partial charge in [-0.3, -0.25) is 9.59 Å². The molecule has 6 heteroatoms. The minimum atomic E-state index is -0.103. The standard InChI is InChI=1S/C15H23N3O3/c1-21-9-8-18-11-13(6-7-15(18)20)17-14(19)10-16-12-4-2-3-5-12/h6-7,11-12,16H,2-5,8-10H2,1H3,(H,17,19). The van der Waals surface area contributed by atoms with E-state index in [-0.39, 0.29) is 11.5 Å². The monoisotopic (exact) mass is 293 g/mol. The van der Waals surface area contributed by atoms with E-state index < -0.39 is 0 Å². The summed E-state index contributed by atoms with van der Waals surface area (Å²) in [7, 11) is 1.59. The van der Waals surface area contributed by atoms with Crippen LogP contribution in [0.1, 0.15) is 25.7 Å². The molecule has 1 aliphatic rings. The number of carbonyl (C=O) groups is 1. The van der Waals surface area contributed by atoms with Crippen LogP contribution >= 0.6 is 0 Å². The molecule has 116 valence electrons. The summed E-state index contributed by atoms with van der Waals surface area (Å²) in [5.74, 6) is -0.0844. The summed E-state index contributed by atoms with van der Waals surface area (Å²) in [6.07, 6.45) is 6.42. The van der Waals surface area contributed by atoms with Gasteiger partial charge in [-0.1, -0.05) is 12.8 Å². The van der Waals surface area contributed by atoms with Crippen LogP contribution in [0, 0.1) is 0 Å². The van der Waals surface area contributed by atoms with Crippen molar-refractivity contribution >= 4 is 11.6 Å². The van der Waals surface area contributed by atoms with Crippen molar-refractivity contribution in [1.82, 2.24) is 9.88 Å². The maximum atomic E-state index is 11.9. The maximum absolute atomic E-state index is 11.9. The molecule has 0 bridgehead atoms. The molecule has 1 aliphatic carbocycles. The molecule has 0 atom stereocenters. The molecule has 0 aliphatic heterocycles. The highest BCUT2D eigenvalue weighted by Crippen LogP contribution is 2.17. The Morgan fingerprint density at radius 2 is 2.14 bits per heavy atom. The number of carbonyl (C=O) groups excluding carboxylic acids is 1. The summed E-state index contributed by atoms with van der Waals surface area (Å²) < 4.78 is 6.49. The van der Waals surface area contributed by atoms with Crippen molar-refractivity contribution in [3.63, 3.8) is 0 Å². The van der Waals surface area contributed by atoms with Gasteiger partial charge in [0.15, 0.2) is 0 Å². The van der Waals surface area contributed by atoms with Crippen LogP contribution in [0.25, 0.3) is 0 Å². The van der Waals surface area contributed by atoms with Crippen LogP contribution in [-0.2, 0) is 16.1 Å². The number of rotatable bonds is 7. The first-order chi connectivity index (χ1) is 10.2. The Labute approximate surface area is 124 Å². The second-order valence-corrected chi connectivity index (χ2v) is 5.35. The molecule has 0 aromatic carbocycles. The first-order valence-corrected chi connectivity index (χ1v) is 7.41. The van der Waals surface area contributed by atoms with Crippen molar-refractivity contribution in [1.29, 1.82) is 0 Å². The van der Waals surface area contributed by atoms with E-state index >= 15 is 0 Å². The van der Waals surface area contributed by atoms with Gasteiger partial charge in [0.25, 0.3) is 5.56 Å². The SMILES string of the molecule is COCCn1cc(NC(=O)CNC2CCCC2)ccc1=O. The third kappa shape index (κ3) is 4.99. The number of methoxy groups -OCH3 is 1. The van der Waals surface area contributed by atoms with Gasteiger partial charge >= 0.3 is 0 Å². The van der Waals surface area contributed by atoms with Crippen LogP contribution in [0.2, 0.25) is 0 Å². The summed E-state index contributed by atoms with van der Waals surface area (Å²) in [6, 6.07) is 3.54. The van der Waals surface area contributed by atoms with Gasteiger partial charge in [0.2, 0.25) is 5.91 Å². The smallest absolute Gasteiger partial charge is 0.250 e. The fourth-order valence-corrected chi connectivity index (χ4v) is 2.54. The van der Waals surface area contributed by atoms with Gasteiger partial charge < -0.3 is 19.9 Å². The molecule has 1 saturated carbocycles. The van der Waals surface area contributed by atoms with E-state index in [1.165, 1.54) is 23.5 Å². The Hall–Kier alpha value is -1.66. The van der Waals surface area contributed by atoms with E-state index in [0.717, 1.165) is 12.8 Å². The van der Waals surface area contributed by atoms with Crippen LogP contribution in [-0.4, -0.2) is 36.8 Å². The van der Waals surface area contributed by atoms with Gasteiger partial charge in [-0.05, 0) is 18.9 Å². The Balaban J connectivity index is 1.86. The molecule has 0 spiro atoms. The zero-order chi connectivity index (χ0) is 15.1. The minimum Gasteiger partial charge on any atom is -0.383 e. The molecule has 2 N–H and O–H groups in total. The number of anilines is 1. The van der Waals surface area contributed by atoms with Crippen LogP contribution in [0.3, 0.4) is 0 Å². The Kier molecular flexibility index (Phi) is 5.95. The number of ether oxygens (including phenoxy) is 1. The van der Waals surface area contributed by atoms with Crippen molar-refractivity contribution < 1.29 is 9.53 Å². The Morgan fingerprint density at radius 1 is 1.38 bits per heavy atom. The molecule has 1 aromatic heterocycles. The second-order valence-electron chi connectivity index (χ2n) is 5.35. The summed E-state index contributed by atoms with van der Waals surface area (Å²) in [5, 5.41) is 6.07. The number of nitrogens with one attached hydrogen (secondary N) is 2. The zero-order valence-corrected chi connectivity index (χ0v) is 12.4. The first-order valence-electron chi connectivity index (χ1n) is 7.41. The van der Waals surface area contributed by atoms with E-state index in [0.29, 0.717) is 31.4 Å². The van der Waals surface area contributed by atoms with E-state index in [1.54, 1.807) is 19.4 Å². The highest BCUT2D eigenvalue weighted by Gasteiger charge is 2.15. The van der Waals surface area contributed by atoms with Crippen molar-refractivity contribution in [3.05, 3.63) is 28.7 Å². The highest BCUT2D eigenvalue weighted by atomic mass is 16.5. The van der Waals surface area contributed by atoms with Gasteiger partial charge in [0.1, 0.15) is 0 Å². The number of nitrogens with zero attached hydrogens (tertiary/aromatic N) is 1. The lowest BCUT2D eigenvalue weighted by Gasteiger charge is -2.12. The predicted molar refractivity (Wildman–Crippen MR) is 81.5 cm³/mol. The normalized spacial score (nSPS) is 15.3. The van der Waals surface area contributed by atoms with Gasteiger partial charge in [-0.25, -0.2) is 0 Å². The van der Waals surface area contributed by atoms with Crippen LogP contribution in [0.15, 0.2) is 23.1 Å². The summed E-state index contributed by atoms with van der Waals surface area (Å²) in [5.41, 5.74) is 0.526. The van der Waals surface area contributed by atoms with Crippen molar-refractivity contribution in [2.24, 2.45) is 0 Å². The molecule has 0 saturated heterocycles. The maximum Gasteiger partial charge on any atom is 0.250 e. The molecule has 1 aromatic rings. The first kappa shape index (κ1) is 15.7. The molecular weight excluding hydrogens is 270 g/mol. The fraction of sp³-hybridized carbons (Fsp3) is 0.600. The van der Waals surface area contributed by atoms with Gasteiger partial charge in [0, 0.05) is 32.0 Å². The average molecular weight is 293 g/mol. The molecule has 21 heavy (non-hydrogen) atoms. The van der Waals surface area contributed by atoms with E-state index in [9.17, 15) is 9.59 Å². The lowest BCUT2D eigenvalue weighted by Crippen LogP contribution is -2.34. The number of amides is 1. The minimum absolute atomic E-state index is 0.0844.